The molecule has 2 heterocycles. The molecule has 0 fully saturated rings. The number of hydrogen-bond donors (Lipinski definition) is 1. The summed E-state index contributed by atoms with van der Waals surface area (Å²) in [5, 5.41) is 15.4. The maximum atomic E-state index is 14.5. The van der Waals surface area contributed by atoms with Crippen LogP contribution < -0.4 is 0 Å². The zero-order valence-corrected chi connectivity index (χ0v) is 15.0. The van der Waals surface area contributed by atoms with E-state index in [0.717, 1.165) is 6.07 Å². The van der Waals surface area contributed by atoms with E-state index in [-0.39, 0.29) is 28.0 Å². The molecule has 0 saturated carbocycles. The van der Waals surface area contributed by atoms with Crippen LogP contribution in [0.2, 0.25) is 10.2 Å². The average molecular weight is 400 g/mol. The average Bonchev–Trinajstić information content (AvgIpc) is 3.09. The molecule has 0 bridgehead atoms. The number of aliphatic hydroxyl groups is 1. The molecule has 0 spiro atoms. The van der Waals surface area contributed by atoms with Gasteiger partial charge in [-0.1, -0.05) is 36.2 Å². The highest BCUT2D eigenvalue weighted by Gasteiger charge is 2.41. The number of rotatable bonds is 5. The maximum absolute atomic E-state index is 14.5. The van der Waals surface area contributed by atoms with Crippen molar-refractivity contribution in [2.75, 3.05) is 0 Å². The summed E-state index contributed by atoms with van der Waals surface area (Å²) in [7, 11) is 0. The first-order valence-electron chi connectivity index (χ1n) is 7.49. The molecule has 26 heavy (non-hydrogen) atoms. The third kappa shape index (κ3) is 3.40. The van der Waals surface area contributed by atoms with E-state index in [0.29, 0.717) is 6.07 Å². The van der Waals surface area contributed by atoms with Crippen molar-refractivity contribution in [1.29, 1.82) is 0 Å². The molecule has 0 radical (unpaired) electrons. The smallest absolute Gasteiger partial charge is 0.151 e. The van der Waals surface area contributed by atoms with Crippen molar-refractivity contribution >= 4 is 23.2 Å². The van der Waals surface area contributed by atoms with Gasteiger partial charge in [0.25, 0.3) is 0 Å². The first-order valence-corrected chi connectivity index (χ1v) is 8.24. The minimum Gasteiger partial charge on any atom is -0.382 e. The van der Waals surface area contributed by atoms with Crippen molar-refractivity contribution < 1.29 is 13.9 Å². The third-order valence-electron chi connectivity index (χ3n) is 4.17. The summed E-state index contributed by atoms with van der Waals surface area (Å²) < 4.78 is 29.2. The number of aromatic nitrogens is 5. The second-order valence-corrected chi connectivity index (χ2v) is 6.46. The minimum atomic E-state index is -1.87. The van der Waals surface area contributed by atoms with Gasteiger partial charge < -0.3 is 5.11 Å². The van der Waals surface area contributed by atoms with E-state index in [4.69, 9.17) is 23.2 Å². The van der Waals surface area contributed by atoms with Crippen LogP contribution in [-0.2, 0) is 12.1 Å². The molecule has 2 atom stereocenters. The minimum absolute atomic E-state index is 0.00574. The molecule has 0 aliphatic carbocycles. The largest absolute Gasteiger partial charge is 0.382 e. The molecular weight excluding hydrogens is 387 g/mol. The standard InChI is InChI=1S/C16H13Cl2F2N5O/c1-9(14-13(17)15(18)23-7-22-14)16(26,5-25-8-21-6-24-25)11-3-2-10(19)4-12(11)20/h2-4,6-9,26H,5H2,1H3. The Labute approximate surface area is 157 Å². The predicted molar refractivity (Wildman–Crippen MR) is 90.7 cm³/mol. The van der Waals surface area contributed by atoms with E-state index in [2.05, 4.69) is 20.1 Å². The predicted octanol–water partition coefficient (Wildman–Crippen LogP) is 3.34. The monoisotopic (exact) mass is 399 g/mol. The molecule has 6 nitrogen and oxygen atoms in total. The second kappa shape index (κ2) is 7.22. The van der Waals surface area contributed by atoms with Gasteiger partial charge in [0.1, 0.15) is 36.2 Å². The van der Waals surface area contributed by atoms with E-state index < -0.39 is 23.2 Å². The molecule has 0 aliphatic rings. The van der Waals surface area contributed by atoms with Gasteiger partial charge in [-0.05, 0) is 6.07 Å². The van der Waals surface area contributed by atoms with Gasteiger partial charge in [0.2, 0.25) is 0 Å². The fourth-order valence-electron chi connectivity index (χ4n) is 2.75. The van der Waals surface area contributed by atoms with Gasteiger partial charge in [-0.25, -0.2) is 28.4 Å². The van der Waals surface area contributed by atoms with Gasteiger partial charge in [0.15, 0.2) is 5.15 Å². The van der Waals surface area contributed by atoms with Crippen molar-refractivity contribution in [3.05, 3.63) is 70.2 Å². The van der Waals surface area contributed by atoms with Crippen molar-refractivity contribution in [2.45, 2.75) is 25.0 Å². The summed E-state index contributed by atoms with van der Waals surface area (Å²) in [6.07, 6.45) is 3.84. The number of benzene rings is 1. The van der Waals surface area contributed by atoms with Gasteiger partial charge in [0.05, 0.1) is 17.3 Å². The van der Waals surface area contributed by atoms with Crippen LogP contribution in [0.1, 0.15) is 24.1 Å². The second-order valence-electron chi connectivity index (χ2n) is 5.73. The lowest BCUT2D eigenvalue weighted by molar-refractivity contribution is -0.0123. The van der Waals surface area contributed by atoms with E-state index in [1.807, 2.05) is 0 Å². The highest BCUT2D eigenvalue weighted by molar-refractivity contribution is 6.41. The summed E-state index contributed by atoms with van der Waals surface area (Å²) in [5.41, 5.74) is -1.78. The summed E-state index contributed by atoms with van der Waals surface area (Å²) >= 11 is 12.1. The molecule has 0 aliphatic heterocycles. The number of nitrogens with zero attached hydrogens (tertiary/aromatic N) is 5. The van der Waals surface area contributed by atoms with Crippen LogP contribution in [0.3, 0.4) is 0 Å². The fraction of sp³-hybridized carbons (Fsp3) is 0.250. The molecule has 136 valence electrons. The van der Waals surface area contributed by atoms with Crippen LogP contribution in [0.25, 0.3) is 0 Å². The van der Waals surface area contributed by atoms with Crippen molar-refractivity contribution in [3.63, 3.8) is 0 Å². The van der Waals surface area contributed by atoms with Gasteiger partial charge in [-0.2, -0.15) is 5.10 Å². The summed E-state index contributed by atoms with van der Waals surface area (Å²) in [4.78, 5) is 11.7. The van der Waals surface area contributed by atoms with E-state index in [9.17, 15) is 13.9 Å². The summed E-state index contributed by atoms with van der Waals surface area (Å²) in [6, 6.07) is 2.93. The number of hydrogen-bond acceptors (Lipinski definition) is 5. The Morgan fingerprint density at radius 2 is 2.00 bits per heavy atom. The molecule has 3 aromatic rings. The van der Waals surface area contributed by atoms with E-state index >= 15 is 0 Å². The van der Waals surface area contributed by atoms with Crippen LogP contribution >= 0.6 is 23.2 Å². The molecule has 1 aromatic carbocycles. The van der Waals surface area contributed by atoms with Crippen LogP contribution in [0.4, 0.5) is 8.78 Å². The van der Waals surface area contributed by atoms with Crippen molar-refractivity contribution in [1.82, 2.24) is 24.7 Å². The highest BCUT2D eigenvalue weighted by atomic mass is 35.5. The first-order chi connectivity index (χ1) is 12.3. The van der Waals surface area contributed by atoms with Gasteiger partial charge in [-0.15, -0.1) is 0 Å². The Bertz CT molecular complexity index is 925. The number of halogens is 4. The van der Waals surface area contributed by atoms with Crippen LogP contribution in [-0.4, -0.2) is 29.8 Å². The SMILES string of the molecule is CC(c1ncnc(Cl)c1Cl)C(O)(Cn1cncn1)c1ccc(F)cc1F. The third-order valence-corrected chi connectivity index (χ3v) is 4.92. The topological polar surface area (TPSA) is 76.7 Å². The van der Waals surface area contributed by atoms with Crippen molar-refractivity contribution in [2.24, 2.45) is 0 Å². The van der Waals surface area contributed by atoms with Crippen LogP contribution in [0, 0.1) is 11.6 Å². The molecule has 1 N–H and O–H groups in total. The molecule has 0 amide bonds. The Kier molecular flexibility index (Phi) is 5.17. The maximum Gasteiger partial charge on any atom is 0.151 e. The first kappa shape index (κ1) is 18.6. The highest BCUT2D eigenvalue weighted by Crippen LogP contribution is 2.41. The Balaban J connectivity index is 2.15. The molecule has 2 unspecified atom stereocenters. The van der Waals surface area contributed by atoms with Crippen molar-refractivity contribution in [3.8, 4) is 0 Å². The molecular formula is C16H13Cl2F2N5O. The Morgan fingerprint density at radius 3 is 2.65 bits per heavy atom. The molecule has 10 heteroatoms. The van der Waals surface area contributed by atoms with Crippen LogP contribution in [0.5, 0.6) is 0 Å². The Hall–Kier alpha value is -2.16. The fourth-order valence-corrected chi connectivity index (χ4v) is 3.15. The Morgan fingerprint density at radius 1 is 1.23 bits per heavy atom. The summed E-state index contributed by atoms with van der Waals surface area (Å²) in [6.45, 7) is 1.43. The van der Waals surface area contributed by atoms with Gasteiger partial charge in [0, 0.05) is 17.5 Å². The molecule has 2 aromatic heterocycles. The zero-order valence-electron chi connectivity index (χ0n) is 13.4. The van der Waals surface area contributed by atoms with E-state index in [1.54, 1.807) is 6.92 Å². The van der Waals surface area contributed by atoms with E-state index in [1.165, 1.54) is 29.7 Å². The van der Waals surface area contributed by atoms with Gasteiger partial charge in [-0.3, -0.25) is 0 Å². The van der Waals surface area contributed by atoms with Crippen LogP contribution in [0.15, 0.2) is 37.2 Å². The molecule has 0 saturated heterocycles. The lowest BCUT2D eigenvalue weighted by Crippen LogP contribution is -2.38. The summed E-state index contributed by atoms with van der Waals surface area (Å²) in [5.74, 6) is -2.50. The molecule has 3 rings (SSSR count). The zero-order chi connectivity index (χ0) is 18.9. The normalized spacial score (nSPS) is 14.8. The quantitative estimate of drug-likeness (QED) is 0.665. The lowest BCUT2D eigenvalue weighted by atomic mass is 9.80. The van der Waals surface area contributed by atoms with Gasteiger partial charge >= 0.3 is 0 Å². The lowest BCUT2D eigenvalue weighted by Gasteiger charge is -2.34.